The van der Waals surface area contributed by atoms with Gasteiger partial charge in [-0.05, 0) is 25.0 Å². The highest BCUT2D eigenvalue weighted by atomic mass is 16.7. The topological polar surface area (TPSA) is 53.0 Å². The lowest BCUT2D eigenvalue weighted by atomic mass is 10.1. The Kier molecular flexibility index (Phi) is 3.45. The Morgan fingerprint density at radius 3 is 2.88 bits per heavy atom. The fraction of sp³-hybridized carbons (Fsp3) is 0.500. The average molecular weight is 328 g/mol. The molecule has 1 fully saturated rings. The molecule has 6 heteroatoms. The van der Waals surface area contributed by atoms with Gasteiger partial charge in [0.05, 0.1) is 11.6 Å². The highest BCUT2D eigenvalue weighted by Gasteiger charge is 2.24. The zero-order valence-corrected chi connectivity index (χ0v) is 13.5. The number of benzene rings is 1. The van der Waals surface area contributed by atoms with Crippen LogP contribution in [0.2, 0.25) is 0 Å². The Morgan fingerprint density at radius 1 is 1.08 bits per heavy atom. The number of pyridine rings is 1. The second kappa shape index (κ2) is 5.79. The number of fused-ring (bicyclic) bond motifs is 3. The Bertz CT molecular complexity index is 773. The first-order valence-electron chi connectivity index (χ1n) is 8.55. The molecule has 0 N–H and O–H groups in total. The number of rotatable bonds is 2. The molecule has 0 radical (unpaired) electrons. The summed E-state index contributed by atoms with van der Waals surface area (Å²) >= 11 is 0. The molecule has 1 aromatic heterocycles. The normalized spacial score (nSPS) is 23.1. The number of nitrogens with zero attached hydrogens (tertiary/aromatic N) is 2. The van der Waals surface area contributed by atoms with Gasteiger partial charge in [-0.25, -0.2) is 4.98 Å². The van der Waals surface area contributed by atoms with Gasteiger partial charge in [0.2, 0.25) is 12.7 Å². The molecule has 0 saturated carbocycles. The first-order chi connectivity index (χ1) is 11.8. The van der Waals surface area contributed by atoms with Crippen LogP contribution >= 0.6 is 0 Å². The van der Waals surface area contributed by atoms with Gasteiger partial charge in [-0.15, -0.1) is 0 Å². The van der Waals surface area contributed by atoms with E-state index in [4.69, 9.17) is 23.9 Å². The molecule has 5 rings (SSSR count). The van der Waals surface area contributed by atoms with Crippen molar-refractivity contribution in [3.63, 3.8) is 0 Å². The SMILES string of the molecule is c1c2c(nc3cc4c(cc13)OCO4)OCCN(C[C@H]1CCCO1)C2. The third-order valence-corrected chi connectivity index (χ3v) is 4.87. The number of hydrogen-bond donors (Lipinski definition) is 0. The summed E-state index contributed by atoms with van der Waals surface area (Å²) in [5.74, 6) is 2.27. The summed E-state index contributed by atoms with van der Waals surface area (Å²) in [5, 5.41) is 1.06. The molecule has 0 bridgehead atoms. The first kappa shape index (κ1) is 14.3. The Labute approximate surface area is 140 Å². The van der Waals surface area contributed by atoms with Crippen molar-refractivity contribution in [3.8, 4) is 17.4 Å². The Morgan fingerprint density at radius 2 is 2.00 bits per heavy atom. The third-order valence-electron chi connectivity index (χ3n) is 4.87. The predicted molar refractivity (Wildman–Crippen MR) is 87.6 cm³/mol. The van der Waals surface area contributed by atoms with E-state index in [9.17, 15) is 0 Å². The molecule has 6 nitrogen and oxygen atoms in total. The van der Waals surface area contributed by atoms with Crippen molar-refractivity contribution >= 4 is 10.9 Å². The van der Waals surface area contributed by atoms with Crippen molar-refractivity contribution < 1.29 is 18.9 Å². The molecule has 0 amide bonds. The van der Waals surface area contributed by atoms with E-state index in [-0.39, 0.29) is 6.79 Å². The van der Waals surface area contributed by atoms with E-state index in [1.54, 1.807) is 0 Å². The van der Waals surface area contributed by atoms with Crippen LogP contribution in [0.3, 0.4) is 0 Å². The van der Waals surface area contributed by atoms with Crippen molar-refractivity contribution in [1.82, 2.24) is 9.88 Å². The first-order valence-corrected chi connectivity index (χ1v) is 8.55. The minimum Gasteiger partial charge on any atom is -0.476 e. The van der Waals surface area contributed by atoms with Crippen LogP contribution in [-0.4, -0.2) is 49.1 Å². The highest BCUT2D eigenvalue weighted by Crippen LogP contribution is 2.37. The lowest BCUT2D eigenvalue weighted by Gasteiger charge is -2.22. The lowest BCUT2D eigenvalue weighted by Crippen LogP contribution is -2.33. The van der Waals surface area contributed by atoms with Crippen LogP contribution in [-0.2, 0) is 11.3 Å². The average Bonchev–Trinajstić information content (AvgIpc) is 3.20. The molecule has 3 aliphatic rings. The van der Waals surface area contributed by atoms with E-state index in [1.165, 1.54) is 6.42 Å². The van der Waals surface area contributed by atoms with Gasteiger partial charge in [0.25, 0.3) is 0 Å². The molecular weight excluding hydrogens is 308 g/mol. The number of aromatic nitrogens is 1. The molecule has 1 saturated heterocycles. The van der Waals surface area contributed by atoms with Gasteiger partial charge in [-0.3, -0.25) is 4.90 Å². The van der Waals surface area contributed by atoms with Gasteiger partial charge in [-0.1, -0.05) is 0 Å². The van der Waals surface area contributed by atoms with Gasteiger partial charge in [0, 0.05) is 43.3 Å². The quantitative estimate of drug-likeness (QED) is 0.843. The third kappa shape index (κ3) is 2.56. The zero-order chi connectivity index (χ0) is 15.9. The Balaban J connectivity index is 1.46. The highest BCUT2D eigenvalue weighted by molar-refractivity contribution is 5.84. The van der Waals surface area contributed by atoms with Crippen molar-refractivity contribution in [2.45, 2.75) is 25.5 Å². The van der Waals surface area contributed by atoms with Crippen LogP contribution in [0, 0.1) is 0 Å². The van der Waals surface area contributed by atoms with Crippen molar-refractivity contribution in [1.29, 1.82) is 0 Å². The number of hydrogen-bond acceptors (Lipinski definition) is 6. The van der Waals surface area contributed by atoms with Crippen LogP contribution in [0.4, 0.5) is 0 Å². The van der Waals surface area contributed by atoms with Gasteiger partial charge >= 0.3 is 0 Å². The zero-order valence-electron chi connectivity index (χ0n) is 13.5. The number of ether oxygens (including phenoxy) is 4. The summed E-state index contributed by atoms with van der Waals surface area (Å²) in [5.41, 5.74) is 2.00. The largest absolute Gasteiger partial charge is 0.476 e. The summed E-state index contributed by atoms with van der Waals surface area (Å²) in [6.07, 6.45) is 2.68. The van der Waals surface area contributed by atoms with Crippen LogP contribution in [0.1, 0.15) is 18.4 Å². The molecule has 3 aliphatic heterocycles. The minimum atomic E-state index is 0.275. The van der Waals surface area contributed by atoms with Crippen LogP contribution in [0.5, 0.6) is 17.4 Å². The summed E-state index contributed by atoms with van der Waals surface area (Å²) in [4.78, 5) is 7.11. The van der Waals surface area contributed by atoms with Crippen LogP contribution in [0.25, 0.3) is 10.9 Å². The maximum Gasteiger partial charge on any atom is 0.231 e. The summed E-state index contributed by atoms with van der Waals surface area (Å²) in [6, 6.07) is 6.09. The standard InChI is InChI=1S/C18H20N2O4/c1-2-14(21-4-1)10-20-3-5-22-18-13(9-20)6-12-7-16-17(24-11-23-16)8-15(12)19-18/h6-8,14H,1-5,9-11H2/t14-/m1/s1. The van der Waals surface area contributed by atoms with E-state index >= 15 is 0 Å². The maximum absolute atomic E-state index is 5.90. The van der Waals surface area contributed by atoms with Crippen LogP contribution in [0.15, 0.2) is 18.2 Å². The summed E-state index contributed by atoms with van der Waals surface area (Å²) in [7, 11) is 0. The van der Waals surface area contributed by atoms with Gasteiger partial charge in [0.15, 0.2) is 11.5 Å². The van der Waals surface area contributed by atoms with E-state index in [0.29, 0.717) is 12.7 Å². The molecular formula is C18H20N2O4. The molecule has 1 atom stereocenters. The van der Waals surface area contributed by atoms with E-state index < -0.39 is 0 Å². The molecule has 126 valence electrons. The fourth-order valence-corrected chi connectivity index (χ4v) is 3.65. The smallest absolute Gasteiger partial charge is 0.231 e. The van der Waals surface area contributed by atoms with Crippen molar-refractivity contribution in [2.75, 3.05) is 33.1 Å². The molecule has 1 aromatic carbocycles. The van der Waals surface area contributed by atoms with Gasteiger partial charge in [-0.2, -0.15) is 0 Å². The van der Waals surface area contributed by atoms with E-state index in [2.05, 4.69) is 11.0 Å². The van der Waals surface area contributed by atoms with Gasteiger partial charge < -0.3 is 18.9 Å². The monoisotopic (exact) mass is 328 g/mol. The van der Waals surface area contributed by atoms with Crippen molar-refractivity contribution in [3.05, 3.63) is 23.8 Å². The minimum absolute atomic E-state index is 0.275. The molecule has 0 spiro atoms. The fourth-order valence-electron chi connectivity index (χ4n) is 3.65. The molecule has 0 aliphatic carbocycles. The summed E-state index contributed by atoms with van der Waals surface area (Å²) in [6.45, 7) is 4.52. The molecule has 24 heavy (non-hydrogen) atoms. The molecule has 2 aromatic rings. The van der Waals surface area contributed by atoms with Gasteiger partial charge in [0.1, 0.15) is 6.61 Å². The molecule has 4 heterocycles. The summed E-state index contributed by atoms with van der Waals surface area (Å²) < 4.78 is 22.6. The van der Waals surface area contributed by atoms with E-state index in [0.717, 1.165) is 66.5 Å². The molecule has 0 unspecified atom stereocenters. The predicted octanol–water partition coefficient (Wildman–Crippen LogP) is 2.34. The maximum atomic E-state index is 5.90. The van der Waals surface area contributed by atoms with Crippen LogP contribution < -0.4 is 14.2 Å². The second-order valence-electron chi connectivity index (χ2n) is 6.57. The lowest BCUT2D eigenvalue weighted by molar-refractivity contribution is 0.0687. The van der Waals surface area contributed by atoms with Crippen molar-refractivity contribution in [2.24, 2.45) is 0 Å². The van der Waals surface area contributed by atoms with E-state index in [1.807, 2.05) is 12.1 Å². The Hall–Kier alpha value is -2.05. The second-order valence-corrected chi connectivity index (χ2v) is 6.57.